The van der Waals surface area contributed by atoms with E-state index in [1.807, 2.05) is 31.3 Å². The lowest BCUT2D eigenvalue weighted by Gasteiger charge is -2.22. The minimum Gasteiger partial charge on any atom is -0.493 e. The smallest absolute Gasteiger partial charge is 0.327 e. The van der Waals surface area contributed by atoms with Crippen molar-refractivity contribution < 1.29 is 17.9 Å². The Morgan fingerprint density at radius 3 is 2.67 bits per heavy atom. The van der Waals surface area contributed by atoms with Gasteiger partial charge in [0, 0.05) is 24.2 Å². The van der Waals surface area contributed by atoms with E-state index >= 15 is 0 Å². The van der Waals surface area contributed by atoms with E-state index in [1.54, 1.807) is 31.5 Å². The molecule has 1 fully saturated rings. The highest BCUT2D eigenvalue weighted by Gasteiger charge is 2.35. The number of nitrogens with zero attached hydrogens (tertiary/aromatic N) is 2. The molecule has 0 radical (unpaired) electrons. The van der Waals surface area contributed by atoms with Crippen molar-refractivity contribution in [2.45, 2.75) is 31.8 Å². The van der Waals surface area contributed by atoms with Crippen LogP contribution in [0, 0.1) is 5.92 Å². The van der Waals surface area contributed by atoms with E-state index in [-0.39, 0.29) is 17.5 Å². The van der Waals surface area contributed by atoms with E-state index in [0.717, 1.165) is 11.3 Å². The largest absolute Gasteiger partial charge is 0.493 e. The fraction of sp³-hybridized carbons (Fsp3) is 0.385. The molecule has 0 saturated heterocycles. The molecule has 10 heteroatoms. The van der Waals surface area contributed by atoms with Gasteiger partial charge in [-0.05, 0) is 55.5 Å². The Morgan fingerprint density at radius 2 is 1.97 bits per heavy atom. The zero-order valence-electron chi connectivity index (χ0n) is 20.5. The summed E-state index contributed by atoms with van der Waals surface area (Å²) >= 11 is 0. The minimum absolute atomic E-state index is 0.149. The van der Waals surface area contributed by atoms with Crippen LogP contribution in [0.25, 0.3) is 11.0 Å². The van der Waals surface area contributed by atoms with Crippen molar-refractivity contribution in [3.63, 3.8) is 0 Å². The summed E-state index contributed by atoms with van der Waals surface area (Å²) in [5.74, 6) is 1.34. The number of fused-ring (bicyclic) bond motifs is 1. The first-order chi connectivity index (χ1) is 17.3. The second-order valence-electron chi connectivity index (χ2n) is 9.30. The van der Waals surface area contributed by atoms with E-state index in [1.165, 1.54) is 23.7 Å². The van der Waals surface area contributed by atoms with Crippen LogP contribution in [0.5, 0.6) is 11.5 Å². The lowest BCUT2D eigenvalue weighted by atomic mass is 9.98. The number of H-pyrrole nitrogens is 1. The minimum atomic E-state index is -3.44. The zero-order chi connectivity index (χ0) is 25.4. The molecule has 5 rings (SSSR count). The van der Waals surface area contributed by atoms with Crippen LogP contribution in [0.1, 0.15) is 36.9 Å². The van der Waals surface area contributed by atoms with Crippen LogP contribution in [0.15, 0.2) is 58.6 Å². The molecule has 2 N–H and O–H groups in total. The molecule has 9 nitrogen and oxygen atoms in total. The molecule has 2 atom stereocenters. The quantitative estimate of drug-likeness (QED) is 0.457. The summed E-state index contributed by atoms with van der Waals surface area (Å²) in [4.78, 5) is 20.8. The number of aromatic amines is 1. The number of nitrogens with one attached hydrogen (secondary N) is 2. The Labute approximate surface area is 209 Å². The summed E-state index contributed by atoms with van der Waals surface area (Å²) in [5, 5.41) is 3.41. The first-order valence-electron chi connectivity index (χ1n) is 12.0. The predicted octanol–water partition coefficient (Wildman–Crippen LogP) is 3.01. The van der Waals surface area contributed by atoms with Gasteiger partial charge in [0.15, 0.2) is 11.5 Å². The first kappa shape index (κ1) is 24.2. The Hall–Kier alpha value is -3.53. The van der Waals surface area contributed by atoms with Crippen molar-refractivity contribution in [1.29, 1.82) is 0 Å². The summed E-state index contributed by atoms with van der Waals surface area (Å²) in [6, 6.07) is 10.3. The maximum atomic E-state index is 13.2. The number of sulfone groups is 1. The average molecular weight is 511 g/mol. The monoisotopic (exact) mass is 510 g/mol. The molecule has 190 valence electrons. The van der Waals surface area contributed by atoms with Crippen molar-refractivity contribution >= 4 is 26.6 Å². The normalized spacial score (nSPS) is 18.5. The maximum absolute atomic E-state index is 13.2. The third-order valence-electron chi connectivity index (χ3n) is 6.61. The molecule has 0 amide bonds. The van der Waals surface area contributed by atoms with Gasteiger partial charge in [-0.15, -0.1) is 0 Å². The topological polar surface area (TPSA) is 115 Å². The third kappa shape index (κ3) is 4.77. The summed E-state index contributed by atoms with van der Waals surface area (Å²) in [6.07, 6.45) is 7.11. The molecular formula is C26H30N4O5S. The molecule has 3 aromatic rings. The number of hydrogen-bond donors (Lipinski definition) is 2. The van der Waals surface area contributed by atoms with Gasteiger partial charge in [0.25, 0.3) is 0 Å². The second-order valence-corrected chi connectivity index (χ2v) is 11.5. The Bertz CT molecular complexity index is 1510. The van der Waals surface area contributed by atoms with Crippen LogP contribution in [-0.2, 0) is 9.84 Å². The highest BCUT2D eigenvalue weighted by Crippen LogP contribution is 2.36. The molecule has 0 spiro atoms. The van der Waals surface area contributed by atoms with Gasteiger partial charge in [-0.1, -0.05) is 12.1 Å². The summed E-state index contributed by atoms with van der Waals surface area (Å²) < 4.78 is 37.5. The van der Waals surface area contributed by atoms with Crippen LogP contribution < -0.4 is 20.5 Å². The van der Waals surface area contributed by atoms with Crippen molar-refractivity contribution in [3.05, 3.63) is 70.4 Å². The fourth-order valence-electron chi connectivity index (χ4n) is 4.84. The summed E-state index contributed by atoms with van der Waals surface area (Å²) in [6.45, 7) is 2.28. The van der Waals surface area contributed by atoms with E-state index in [9.17, 15) is 13.2 Å². The number of benzene rings is 2. The van der Waals surface area contributed by atoms with Gasteiger partial charge >= 0.3 is 5.69 Å². The number of imidazole rings is 1. The first-order valence-corrected chi connectivity index (χ1v) is 14.1. The van der Waals surface area contributed by atoms with Gasteiger partial charge in [-0.25, -0.2) is 13.2 Å². The molecule has 1 aromatic heterocycles. The lowest BCUT2D eigenvalue weighted by molar-refractivity contribution is 0.310. The number of ether oxygens (including phenoxy) is 2. The van der Waals surface area contributed by atoms with E-state index < -0.39 is 15.9 Å². The number of methoxy groups -OCH3 is 1. The molecule has 2 aromatic carbocycles. The van der Waals surface area contributed by atoms with E-state index in [4.69, 9.17) is 9.47 Å². The Kier molecular flexibility index (Phi) is 6.38. The second kappa shape index (κ2) is 9.50. The highest BCUT2D eigenvalue weighted by atomic mass is 32.2. The molecule has 36 heavy (non-hydrogen) atoms. The van der Waals surface area contributed by atoms with Gasteiger partial charge < -0.3 is 19.8 Å². The Morgan fingerprint density at radius 1 is 1.17 bits per heavy atom. The molecule has 0 bridgehead atoms. The van der Waals surface area contributed by atoms with Crippen molar-refractivity contribution in [3.8, 4) is 11.5 Å². The molecule has 1 aliphatic carbocycles. The molecule has 2 heterocycles. The number of aromatic nitrogens is 2. The molecule has 2 aliphatic rings. The molecule has 1 unspecified atom stereocenters. The van der Waals surface area contributed by atoms with E-state index in [2.05, 4.69) is 15.3 Å². The van der Waals surface area contributed by atoms with Crippen molar-refractivity contribution in [1.82, 2.24) is 14.9 Å². The highest BCUT2D eigenvalue weighted by molar-refractivity contribution is 7.90. The number of aliphatic imine (C=N–C) groups is 1. The van der Waals surface area contributed by atoms with Gasteiger partial charge in [-0.3, -0.25) is 9.56 Å². The van der Waals surface area contributed by atoms with Gasteiger partial charge in [-0.2, -0.15) is 0 Å². The third-order valence-corrected chi connectivity index (χ3v) is 7.53. The van der Waals surface area contributed by atoms with Crippen LogP contribution in [-0.4, -0.2) is 55.4 Å². The number of rotatable bonds is 9. The molecule has 1 saturated carbocycles. The standard InChI is InChI=1S/C26H30N4O5S/c1-4-35-23-14-17(8-10-22(23)34-2)21(15-36(3,32)33)30-20-9-7-18(13-19(20)29-26(30)31)25-24(16-5-6-16)27-11-12-28-25/h7-14,16,21,24,27H,4-6,15H2,1-3H3,(H,29,31)/t21-,24?/m1/s1. The van der Waals surface area contributed by atoms with Crippen LogP contribution in [0.2, 0.25) is 0 Å². The zero-order valence-corrected chi connectivity index (χ0v) is 21.3. The van der Waals surface area contributed by atoms with Gasteiger partial charge in [0.1, 0.15) is 9.84 Å². The van der Waals surface area contributed by atoms with Crippen molar-refractivity contribution in [2.75, 3.05) is 25.7 Å². The van der Waals surface area contributed by atoms with Crippen LogP contribution in [0.4, 0.5) is 0 Å². The summed E-state index contributed by atoms with van der Waals surface area (Å²) in [5.41, 5.74) is 3.37. The van der Waals surface area contributed by atoms with Crippen LogP contribution >= 0.6 is 0 Å². The fourth-order valence-corrected chi connectivity index (χ4v) is 5.76. The molecule has 1 aliphatic heterocycles. The summed E-state index contributed by atoms with van der Waals surface area (Å²) in [7, 11) is -1.89. The van der Waals surface area contributed by atoms with E-state index in [0.29, 0.717) is 40.6 Å². The SMILES string of the molecule is CCOc1cc([C@@H](CS(C)(=O)=O)n2c(=O)[nH]c3cc(C4=NC=CNC4C4CC4)ccc32)ccc1OC. The Balaban J connectivity index is 1.61. The van der Waals surface area contributed by atoms with Crippen molar-refractivity contribution in [2.24, 2.45) is 10.9 Å². The van der Waals surface area contributed by atoms with Crippen LogP contribution in [0.3, 0.4) is 0 Å². The molecular weight excluding hydrogens is 480 g/mol. The number of hydrogen-bond acceptors (Lipinski definition) is 7. The van der Waals surface area contributed by atoms with Gasteiger partial charge in [0.2, 0.25) is 0 Å². The lowest BCUT2D eigenvalue weighted by Crippen LogP contribution is -2.37. The van der Waals surface area contributed by atoms with Gasteiger partial charge in [0.05, 0.1) is 48.3 Å². The average Bonchev–Trinajstić information content (AvgIpc) is 3.64. The predicted molar refractivity (Wildman–Crippen MR) is 140 cm³/mol. The maximum Gasteiger partial charge on any atom is 0.327 e.